The first-order chi connectivity index (χ1) is 27.2. The number of likely N-dealkylation sites (N-methyl/N-ethyl adjacent to an activating group) is 1. The van der Waals surface area contributed by atoms with Crippen LogP contribution in [0.15, 0.2) is 60.7 Å². The van der Waals surface area contributed by atoms with E-state index in [0.717, 1.165) is 25.7 Å². The van der Waals surface area contributed by atoms with Crippen LogP contribution in [0.2, 0.25) is 0 Å². The van der Waals surface area contributed by atoms with Gasteiger partial charge in [0.2, 0.25) is 11.8 Å². The van der Waals surface area contributed by atoms with E-state index in [4.69, 9.17) is 21.3 Å². The molecule has 0 saturated heterocycles. The third kappa shape index (κ3) is 25.9. The average Bonchev–Trinajstić information content (AvgIpc) is 4.12. The average molecular weight is 953 g/mol. The zero-order valence-corrected chi connectivity index (χ0v) is 39.6. The number of aliphatic carboxylic acids is 1. The summed E-state index contributed by atoms with van der Waals surface area (Å²) in [7, 11) is 3.20. The van der Waals surface area contributed by atoms with Crippen LogP contribution < -0.4 is 32.7 Å². The van der Waals surface area contributed by atoms with Crippen molar-refractivity contribution in [1.29, 1.82) is 0 Å². The molecule has 2 aromatic rings. The van der Waals surface area contributed by atoms with Crippen LogP contribution in [0.1, 0.15) is 89.4 Å². The summed E-state index contributed by atoms with van der Waals surface area (Å²) in [6.07, 6.45) is 1.56. The molecule has 2 saturated carbocycles. The van der Waals surface area contributed by atoms with Gasteiger partial charge in [-0.1, -0.05) is 86.3 Å². The van der Waals surface area contributed by atoms with E-state index in [1.54, 1.807) is 59.1 Å². The van der Waals surface area contributed by atoms with E-state index in [-0.39, 0.29) is 69.3 Å². The van der Waals surface area contributed by atoms with Crippen LogP contribution >= 0.6 is 24.8 Å². The van der Waals surface area contributed by atoms with Crippen LogP contribution in [-0.2, 0) is 47.3 Å². The number of amides is 5. The predicted molar refractivity (Wildman–Crippen MR) is 237 cm³/mol. The van der Waals surface area contributed by atoms with E-state index in [2.05, 4.69) is 21.3 Å². The van der Waals surface area contributed by atoms with E-state index in [1.807, 2.05) is 43.3 Å². The number of halogens is 2. The van der Waals surface area contributed by atoms with E-state index in [1.165, 1.54) is 10.5 Å². The van der Waals surface area contributed by atoms with Crippen LogP contribution in [0, 0.1) is 19.3 Å². The Kier molecular flexibility index (Phi) is 31.2. The van der Waals surface area contributed by atoms with Gasteiger partial charge in [0.25, 0.3) is 11.8 Å². The van der Waals surface area contributed by atoms with Crippen molar-refractivity contribution in [3.8, 4) is 0 Å². The van der Waals surface area contributed by atoms with Gasteiger partial charge in [-0.05, 0) is 63.5 Å². The summed E-state index contributed by atoms with van der Waals surface area (Å²) in [6, 6.07) is 16.8. The normalized spacial score (nSPS) is 15.3. The molecule has 5 amide bonds. The van der Waals surface area contributed by atoms with Crippen LogP contribution in [0.25, 0.3) is 0 Å². The smallest absolute Gasteiger partial charge is 0.407 e. The summed E-state index contributed by atoms with van der Waals surface area (Å²) >= 11 is 0. The molecule has 351 valence electrons. The summed E-state index contributed by atoms with van der Waals surface area (Å²) in [5.41, 5.74) is 12.6. The molecule has 1 radical (unpaired) electrons. The van der Waals surface area contributed by atoms with E-state index < -0.39 is 72.3 Å². The van der Waals surface area contributed by atoms with Crippen molar-refractivity contribution in [1.82, 2.24) is 26.2 Å². The number of aliphatic hydroxyl groups is 2. The summed E-state index contributed by atoms with van der Waals surface area (Å²) in [5, 5.41) is 38.1. The zero-order chi connectivity index (χ0) is 43.6. The molecule has 17 nitrogen and oxygen atoms in total. The van der Waals surface area contributed by atoms with Gasteiger partial charge >= 0.3 is 12.1 Å². The van der Waals surface area contributed by atoms with E-state index >= 15 is 0 Å². The minimum atomic E-state index is -1.52. The summed E-state index contributed by atoms with van der Waals surface area (Å²) in [6.45, 7) is 6.17. The molecule has 11 N–H and O–H groups in total. The SMILES string of the molecule is CC(C)(C)OC(=O)NC(CC1CC1)C(O)C(=O)NCC(=O)O.CN(C)C(=O)[C@@H](NC(=O)CNC(=O)C(O)C(N)CC1CC1)c1ccccc1.C[C@@H](N)c1ccccc1.Cl.Cl.[CH3-].[V]. The molecular weight excluding hydrogens is 884 g/mol. The Bertz CT molecular complexity index is 1630. The van der Waals surface area contributed by atoms with Crippen molar-refractivity contribution in [2.24, 2.45) is 23.3 Å². The number of carbonyl (C=O) groups is 6. The zero-order valence-electron chi connectivity index (χ0n) is 36.6. The number of carbonyl (C=O) groups excluding carboxylic acids is 5. The number of benzene rings is 2. The van der Waals surface area contributed by atoms with Gasteiger partial charge < -0.3 is 65.1 Å². The van der Waals surface area contributed by atoms with Crippen molar-refractivity contribution >= 4 is 60.5 Å². The minimum absolute atomic E-state index is 0. The standard InChI is InChI=1S/C19H28N4O4.C14H24N2O6.C8H11N.CH3.2ClH.V/c1-23(2)19(27)16(13-6-4-3-5-7-13)22-15(24)11-21-18(26)17(25)14(20)10-12-8-9-12;1-14(2,3)22-13(21)16-9(6-8-4-5-8)11(19)12(20)15-7-10(17)18;1-7(9)8-5-3-2-4-6-8;;;;/h3-7,12,14,16-17,25H,8-11,20H2,1-2H3,(H,21,26)(H,22,24);8-9,11,19H,4-7H2,1-3H3,(H,15,20)(H,16,21)(H,17,18);2-7H,9H2,1H3;1H3;2*1H;/q;;;-1;;;/t14?,16-,17?;;7-;;;;/m0.1..../s1. The maximum Gasteiger partial charge on any atom is 0.407 e. The monoisotopic (exact) mass is 951 g/mol. The van der Waals surface area contributed by atoms with Gasteiger partial charge in [0.15, 0.2) is 6.10 Å². The molecule has 0 bridgehead atoms. The second kappa shape index (κ2) is 31.0. The minimum Gasteiger partial charge on any atom is -0.480 e. The van der Waals surface area contributed by atoms with Crippen LogP contribution in [0.5, 0.6) is 0 Å². The quantitative estimate of drug-likeness (QED) is 0.104. The molecule has 4 rings (SSSR count). The van der Waals surface area contributed by atoms with Crippen molar-refractivity contribution in [3.05, 3.63) is 79.2 Å². The number of aliphatic hydroxyl groups excluding tert-OH is 2. The molecule has 2 aliphatic rings. The number of alkyl carbamates (subject to hydrolysis) is 1. The fourth-order valence-corrected chi connectivity index (χ4v) is 5.38. The fraction of sp³-hybridized carbons (Fsp3) is 0.548. The molecule has 4 unspecified atom stereocenters. The summed E-state index contributed by atoms with van der Waals surface area (Å²) in [4.78, 5) is 72.0. The molecular formula is C42H68Cl2N7O10V-. The van der Waals surface area contributed by atoms with Crippen molar-refractivity contribution in [3.63, 3.8) is 0 Å². The van der Waals surface area contributed by atoms with Crippen LogP contribution in [0.4, 0.5) is 4.79 Å². The third-order valence-electron chi connectivity index (χ3n) is 8.90. The molecule has 0 spiro atoms. The maximum atomic E-state index is 12.4. The molecule has 2 fully saturated rings. The Hall–Kier alpha value is -3.94. The molecule has 6 atom stereocenters. The number of carboxylic acid groups (broad SMARTS) is 1. The molecule has 0 heterocycles. The largest absolute Gasteiger partial charge is 0.480 e. The first kappa shape index (κ1) is 62.4. The van der Waals surface area contributed by atoms with Gasteiger partial charge in [-0.25, -0.2) is 4.79 Å². The first-order valence-electron chi connectivity index (χ1n) is 19.4. The van der Waals surface area contributed by atoms with E-state index in [9.17, 15) is 39.0 Å². The summed E-state index contributed by atoms with van der Waals surface area (Å²) < 4.78 is 5.11. The van der Waals surface area contributed by atoms with Crippen LogP contribution in [0.3, 0.4) is 0 Å². The van der Waals surface area contributed by atoms with E-state index in [0.29, 0.717) is 30.2 Å². The first-order valence-corrected chi connectivity index (χ1v) is 19.4. The second-order valence-corrected chi connectivity index (χ2v) is 15.8. The number of ether oxygens (including phenoxy) is 1. The third-order valence-corrected chi connectivity index (χ3v) is 8.90. The van der Waals surface area contributed by atoms with Crippen molar-refractivity contribution < 1.29 is 67.4 Å². The molecule has 20 heteroatoms. The maximum absolute atomic E-state index is 12.4. The Morgan fingerprint density at radius 2 is 1.21 bits per heavy atom. The Morgan fingerprint density at radius 1 is 0.758 bits per heavy atom. The topological polar surface area (TPSA) is 276 Å². The Labute approximate surface area is 390 Å². The van der Waals surface area contributed by atoms with Crippen LogP contribution in [-0.4, -0.2) is 113 Å². The second-order valence-electron chi connectivity index (χ2n) is 15.8. The van der Waals surface area contributed by atoms with Crippen molar-refractivity contribution in [2.45, 2.75) is 108 Å². The number of nitrogens with two attached hydrogens (primary N) is 2. The van der Waals surface area contributed by atoms with Gasteiger partial charge in [0, 0.05) is 44.7 Å². The fourth-order valence-electron chi connectivity index (χ4n) is 5.38. The van der Waals surface area contributed by atoms with Gasteiger partial charge in [-0.15, -0.1) is 24.8 Å². The summed E-state index contributed by atoms with van der Waals surface area (Å²) in [5.74, 6) is -2.71. The molecule has 2 aliphatic carbocycles. The molecule has 0 aliphatic heterocycles. The number of nitrogens with one attached hydrogen (secondary N) is 4. The predicted octanol–water partition coefficient (Wildman–Crippen LogP) is 2.78. The Balaban J connectivity index is -0.000000897. The Morgan fingerprint density at radius 3 is 1.63 bits per heavy atom. The van der Waals surface area contributed by atoms with Gasteiger partial charge in [0.1, 0.15) is 24.3 Å². The number of hydrogen-bond donors (Lipinski definition) is 9. The number of carboxylic acids is 1. The van der Waals surface area contributed by atoms with Gasteiger partial charge in [-0.2, -0.15) is 0 Å². The molecule has 0 aromatic heterocycles. The number of nitrogens with zero attached hydrogens (tertiary/aromatic N) is 1. The molecule has 62 heavy (non-hydrogen) atoms. The van der Waals surface area contributed by atoms with Crippen molar-refractivity contribution in [2.75, 3.05) is 27.2 Å². The van der Waals surface area contributed by atoms with Gasteiger partial charge in [-0.3, -0.25) is 24.0 Å². The number of rotatable bonds is 17. The molecule has 2 aromatic carbocycles. The number of hydrogen-bond acceptors (Lipinski definition) is 11. The van der Waals surface area contributed by atoms with Gasteiger partial charge in [0.05, 0.1) is 12.6 Å².